The van der Waals surface area contributed by atoms with E-state index in [-0.39, 0.29) is 17.0 Å². The number of rotatable bonds is 4. The first-order valence-electron chi connectivity index (χ1n) is 6.47. The Labute approximate surface area is 110 Å². The molecule has 0 bridgehead atoms. The van der Waals surface area contributed by atoms with Gasteiger partial charge in [0.25, 0.3) is 5.91 Å². The summed E-state index contributed by atoms with van der Waals surface area (Å²) in [5, 5.41) is 14.0. The van der Waals surface area contributed by atoms with Crippen molar-refractivity contribution >= 4 is 11.6 Å². The van der Waals surface area contributed by atoms with Crippen LogP contribution in [0.1, 0.15) is 41.7 Å². The van der Waals surface area contributed by atoms with Gasteiger partial charge in [-0.1, -0.05) is 19.3 Å². The summed E-state index contributed by atoms with van der Waals surface area (Å²) in [7, 11) is 0. The number of carbonyl (C=O) groups is 1. The second-order valence-corrected chi connectivity index (χ2v) is 5.06. The third-order valence-corrected chi connectivity index (χ3v) is 3.86. The van der Waals surface area contributed by atoms with E-state index in [4.69, 9.17) is 5.73 Å². The van der Waals surface area contributed by atoms with Crippen molar-refractivity contribution in [3.05, 3.63) is 23.7 Å². The Hall–Kier alpha value is -2.11. The molecule has 6 heteroatoms. The Morgan fingerprint density at radius 2 is 2.32 bits per heavy atom. The number of nitrogens with one attached hydrogen (secondary N) is 1. The maximum absolute atomic E-state index is 11.2. The van der Waals surface area contributed by atoms with Crippen molar-refractivity contribution in [1.29, 1.82) is 0 Å². The Morgan fingerprint density at radius 3 is 2.95 bits per heavy atom. The van der Waals surface area contributed by atoms with Crippen molar-refractivity contribution in [3.63, 3.8) is 0 Å². The van der Waals surface area contributed by atoms with E-state index in [1.807, 2.05) is 0 Å². The van der Waals surface area contributed by atoms with Gasteiger partial charge in [0.15, 0.2) is 5.65 Å². The van der Waals surface area contributed by atoms with Crippen LogP contribution in [0.3, 0.4) is 0 Å². The summed E-state index contributed by atoms with van der Waals surface area (Å²) in [5.74, 6) is -0.358. The summed E-state index contributed by atoms with van der Waals surface area (Å²) in [4.78, 5) is 15.2. The highest BCUT2D eigenvalue weighted by atomic mass is 16.3. The minimum absolute atomic E-state index is 0.0788. The van der Waals surface area contributed by atoms with Crippen LogP contribution >= 0.6 is 0 Å². The van der Waals surface area contributed by atoms with Crippen LogP contribution in [0.15, 0.2) is 12.4 Å². The molecule has 19 heavy (non-hydrogen) atoms. The van der Waals surface area contributed by atoms with Crippen LogP contribution in [-0.2, 0) is 6.42 Å². The quantitative estimate of drug-likeness (QED) is 0.902. The molecule has 1 amide bonds. The summed E-state index contributed by atoms with van der Waals surface area (Å²) < 4.78 is 1.56. The van der Waals surface area contributed by atoms with Crippen molar-refractivity contribution in [2.75, 3.05) is 0 Å². The first kappa shape index (κ1) is 12.0. The van der Waals surface area contributed by atoms with Gasteiger partial charge in [-0.05, 0) is 18.8 Å². The molecule has 6 nitrogen and oxygen atoms in total. The second kappa shape index (κ2) is 4.53. The van der Waals surface area contributed by atoms with Crippen LogP contribution in [0.4, 0.5) is 0 Å². The molecule has 1 aliphatic rings. The lowest BCUT2D eigenvalue weighted by Gasteiger charge is -2.25. The van der Waals surface area contributed by atoms with Gasteiger partial charge in [-0.3, -0.25) is 10.5 Å². The molecule has 2 aromatic heterocycles. The van der Waals surface area contributed by atoms with E-state index < -0.39 is 5.91 Å². The number of pyridine rings is 1. The molecule has 1 aliphatic carbocycles. The van der Waals surface area contributed by atoms with Gasteiger partial charge in [-0.25, -0.2) is 9.50 Å². The Kier molecular flexibility index (Phi) is 2.85. The zero-order valence-corrected chi connectivity index (χ0v) is 10.5. The normalized spacial score (nSPS) is 15.6. The van der Waals surface area contributed by atoms with Gasteiger partial charge >= 0.3 is 0 Å². The minimum atomic E-state index is -0.943. The molecule has 3 rings (SSSR count). The largest absolute Gasteiger partial charge is 0.507 e. The van der Waals surface area contributed by atoms with Crippen molar-refractivity contribution in [1.82, 2.24) is 20.3 Å². The number of aryl methyl sites for hydroxylation is 1. The first-order valence-corrected chi connectivity index (χ1v) is 6.47. The number of carbonyl (C=O) groups excluding carboxylic acids is 1. The predicted molar refractivity (Wildman–Crippen MR) is 67.7 cm³/mol. The van der Waals surface area contributed by atoms with Crippen LogP contribution in [0.25, 0.3) is 5.65 Å². The summed E-state index contributed by atoms with van der Waals surface area (Å²) >= 11 is 0. The molecular formula is C13H15N4O2. The molecule has 99 valence electrons. The van der Waals surface area contributed by atoms with Gasteiger partial charge in [0, 0.05) is 11.8 Å². The molecule has 0 saturated heterocycles. The molecule has 2 aromatic rings. The van der Waals surface area contributed by atoms with Crippen molar-refractivity contribution in [3.8, 4) is 5.75 Å². The van der Waals surface area contributed by atoms with Crippen molar-refractivity contribution < 1.29 is 9.90 Å². The maximum Gasteiger partial charge on any atom is 0.277 e. The molecule has 0 atom stereocenters. The lowest BCUT2D eigenvalue weighted by Crippen LogP contribution is -2.13. The third kappa shape index (κ3) is 2.03. The molecular weight excluding hydrogens is 244 g/mol. The van der Waals surface area contributed by atoms with Gasteiger partial charge < -0.3 is 5.11 Å². The van der Waals surface area contributed by atoms with Gasteiger partial charge in [-0.2, -0.15) is 5.10 Å². The summed E-state index contributed by atoms with van der Waals surface area (Å²) in [6, 6.07) is 1.53. The predicted octanol–water partition coefficient (Wildman–Crippen LogP) is 1.59. The number of hydrogen-bond acceptors (Lipinski definition) is 4. The number of hydrogen-bond donors (Lipinski definition) is 1. The molecule has 1 saturated carbocycles. The maximum atomic E-state index is 11.2. The number of fused-ring (bicyclic) bond motifs is 1. The Morgan fingerprint density at radius 1 is 1.53 bits per heavy atom. The Bertz CT molecular complexity index is 631. The fourth-order valence-corrected chi connectivity index (χ4v) is 2.56. The molecule has 2 N–H and O–H groups in total. The summed E-state index contributed by atoms with van der Waals surface area (Å²) in [6.45, 7) is 0. The zero-order valence-electron chi connectivity index (χ0n) is 10.5. The SMILES string of the molecule is [NH]C(=O)c1c(O)cc(CCC2CCC2)n2ncnc12. The highest BCUT2D eigenvalue weighted by Gasteiger charge is 2.21. The standard InChI is InChI=1S/C13H15N4O2/c14-12(19)11-10(18)6-9(5-4-8-2-1-3-8)17-13(11)15-7-16-17/h6-8,14,18H,1-5H2. The van der Waals surface area contributed by atoms with E-state index in [1.165, 1.54) is 31.7 Å². The topological polar surface area (TPSA) is 91.3 Å². The van der Waals surface area contributed by atoms with Gasteiger partial charge in [0.1, 0.15) is 17.6 Å². The molecule has 0 aliphatic heterocycles. The van der Waals surface area contributed by atoms with E-state index in [0.29, 0.717) is 0 Å². The lowest BCUT2D eigenvalue weighted by atomic mass is 9.82. The number of amides is 1. The summed E-state index contributed by atoms with van der Waals surface area (Å²) in [6.07, 6.45) is 7.05. The van der Waals surface area contributed by atoms with Gasteiger partial charge in [-0.15, -0.1) is 0 Å². The molecule has 1 radical (unpaired) electrons. The van der Waals surface area contributed by atoms with Crippen molar-refractivity contribution in [2.45, 2.75) is 32.1 Å². The van der Waals surface area contributed by atoms with E-state index in [9.17, 15) is 9.90 Å². The summed E-state index contributed by atoms with van der Waals surface area (Å²) in [5.41, 5.74) is 8.20. The zero-order chi connectivity index (χ0) is 13.4. The van der Waals surface area contributed by atoms with E-state index in [0.717, 1.165) is 24.5 Å². The van der Waals surface area contributed by atoms with Crippen LogP contribution < -0.4 is 5.73 Å². The lowest BCUT2D eigenvalue weighted by molar-refractivity contribution is 0.0990. The monoisotopic (exact) mass is 259 g/mol. The first-order chi connectivity index (χ1) is 9.16. The van der Waals surface area contributed by atoms with Crippen molar-refractivity contribution in [2.24, 2.45) is 5.92 Å². The van der Waals surface area contributed by atoms with Crippen LogP contribution in [0, 0.1) is 5.92 Å². The molecule has 1 fully saturated rings. The molecule has 0 unspecified atom stereocenters. The average molecular weight is 259 g/mol. The smallest absolute Gasteiger partial charge is 0.277 e. The van der Waals surface area contributed by atoms with E-state index in [2.05, 4.69) is 10.1 Å². The highest BCUT2D eigenvalue weighted by molar-refractivity contribution is 6.00. The Balaban J connectivity index is 1.98. The second-order valence-electron chi connectivity index (χ2n) is 5.06. The minimum Gasteiger partial charge on any atom is -0.507 e. The molecule has 2 heterocycles. The van der Waals surface area contributed by atoms with E-state index in [1.54, 1.807) is 4.52 Å². The van der Waals surface area contributed by atoms with E-state index >= 15 is 0 Å². The van der Waals surface area contributed by atoms with Gasteiger partial charge in [0.2, 0.25) is 0 Å². The number of aromatic hydroxyl groups is 1. The number of nitrogens with zero attached hydrogens (tertiary/aromatic N) is 3. The van der Waals surface area contributed by atoms with Gasteiger partial charge in [0.05, 0.1) is 0 Å². The van der Waals surface area contributed by atoms with Crippen LogP contribution in [-0.4, -0.2) is 25.6 Å². The van der Waals surface area contributed by atoms with Crippen LogP contribution in [0.5, 0.6) is 5.75 Å². The number of aromatic nitrogens is 3. The third-order valence-electron chi connectivity index (χ3n) is 3.86. The fourth-order valence-electron chi connectivity index (χ4n) is 2.56. The average Bonchev–Trinajstić information content (AvgIpc) is 2.74. The molecule has 0 aromatic carbocycles. The van der Waals surface area contributed by atoms with Crippen LogP contribution in [0.2, 0.25) is 0 Å². The highest BCUT2D eigenvalue weighted by Crippen LogP contribution is 2.31. The fraction of sp³-hybridized carbons (Fsp3) is 0.462. The molecule has 0 spiro atoms.